The number of rotatable bonds is 3. The minimum Gasteiger partial charge on any atom is -0.480 e. The van der Waals surface area contributed by atoms with Gasteiger partial charge in [-0.05, 0) is 29.5 Å². The molecule has 0 radical (unpaired) electrons. The van der Waals surface area contributed by atoms with E-state index in [4.69, 9.17) is 0 Å². The highest BCUT2D eigenvalue weighted by atomic mass is 32.1. The third-order valence-electron chi connectivity index (χ3n) is 3.69. The van der Waals surface area contributed by atoms with E-state index in [0.717, 1.165) is 22.9 Å². The number of halogens is 2. The molecule has 1 aromatic carbocycles. The summed E-state index contributed by atoms with van der Waals surface area (Å²) in [4.78, 5) is 14.3. The van der Waals surface area contributed by atoms with Crippen molar-refractivity contribution in [1.29, 1.82) is 0 Å². The molecule has 1 aliphatic rings. The maximum atomic E-state index is 13.8. The Bertz CT molecular complexity index is 686. The lowest BCUT2D eigenvalue weighted by atomic mass is 9.99. The van der Waals surface area contributed by atoms with Gasteiger partial charge in [0.2, 0.25) is 0 Å². The molecule has 0 spiro atoms. The second kappa shape index (κ2) is 5.54. The Kier molecular flexibility index (Phi) is 3.73. The van der Waals surface area contributed by atoms with Gasteiger partial charge in [-0.15, -0.1) is 11.3 Å². The maximum Gasteiger partial charge on any atom is 0.325 e. The molecule has 6 heteroatoms. The van der Waals surface area contributed by atoms with Crippen molar-refractivity contribution >= 4 is 17.3 Å². The molecule has 0 bridgehead atoms. The Balaban J connectivity index is 1.90. The summed E-state index contributed by atoms with van der Waals surface area (Å²) in [5, 5.41) is 11.4. The van der Waals surface area contributed by atoms with E-state index >= 15 is 0 Å². The van der Waals surface area contributed by atoms with Crippen molar-refractivity contribution in [1.82, 2.24) is 4.90 Å². The van der Waals surface area contributed by atoms with Crippen LogP contribution < -0.4 is 0 Å². The Morgan fingerprint density at radius 3 is 2.90 bits per heavy atom. The molecule has 1 aromatic heterocycles. The van der Waals surface area contributed by atoms with Gasteiger partial charge in [-0.2, -0.15) is 0 Å². The number of nitrogens with zero attached hydrogens (tertiary/aromatic N) is 1. The van der Waals surface area contributed by atoms with E-state index in [9.17, 15) is 18.7 Å². The van der Waals surface area contributed by atoms with Crippen molar-refractivity contribution in [3.63, 3.8) is 0 Å². The zero-order valence-electron chi connectivity index (χ0n) is 11.1. The number of hydrogen-bond donors (Lipinski definition) is 1. The molecule has 0 saturated heterocycles. The van der Waals surface area contributed by atoms with Crippen molar-refractivity contribution in [2.75, 3.05) is 6.54 Å². The van der Waals surface area contributed by atoms with Crippen LogP contribution in [0.1, 0.15) is 22.0 Å². The fourth-order valence-electron chi connectivity index (χ4n) is 2.70. The number of carbonyl (C=O) groups is 1. The van der Waals surface area contributed by atoms with E-state index < -0.39 is 23.6 Å². The van der Waals surface area contributed by atoms with Crippen LogP contribution in [0, 0.1) is 11.6 Å². The maximum absolute atomic E-state index is 13.8. The summed E-state index contributed by atoms with van der Waals surface area (Å²) in [5.74, 6) is -2.23. The summed E-state index contributed by atoms with van der Waals surface area (Å²) in [6, 6.07) is 4.42. The highest BCUT2D eigenvalue weighted by molar-refractivity contribution is 7.10. The lowest BCUT2D eigenvalue weighted by Crippen LogP contribution is -2.38. The Labute approximate surface area is 124 Å². The summed E-state index contributed by atoms with van der Waals surface area (Å²) in [6.45, 7) is 0.694. The molecule has 1 N–H and O–H groups in total. The zero-order chi connectivity index (χ0) is 15.0. The third-order valence-corrected chi connectivity index (χ3v) is 4.68. The second-order valence-electron chi connectivity index (χ2n) is 5.00. The van der Waals surface area contributed by atoms with Gasteiger partial charge in [0.15, 0.2) is 0 Å². The molecule has 3 rings (SSSR count). The molecule has 2 aromatic rings. The van der Waals surface area contributed by atoms with Gasteiger partial charge in [0.25, 0.3) is 0 Å². The van der Waals surface area contributed by atoms with E-state index in [1.54, 1.807) is 16.2 Å². The van der Waals surface area contributed by atoms with E-state index in [1.807, 2.05) is 11.4 Å². The lowest BCUT2D eigenvalue weighted by Gasteiger charge is -2.33. The minimum atomic E-state index is -0.947. The van der Waals surface area contributed by atoms with Gasteiger partial charge in [-0.3, -0.25) is 9.69 Å². The summed E-state index contributed by atoms with van der Waals surface area (Å²) >= 11 is 1.55. The van der Waals surface area contributed by atoms with Crippen LogP contribution in [0.3, 0.4) is 0 Å². The summed E-state index contributed by atoms with van der Waals surface area (Å²) < 4.78 is 26.7. The number of thiophene rings is 1. The van der Waals surface area contributed by atoms with E-state index in [2.05, 4.69) is 0 Å². The van der Waals surface area contributed by atoms with Gasteiger partial charge >= 0.3 is 5.97 Å². The first kappa shape index (κ1) is 14.2. The van der Waals surface area contributed by atoms with Gasteiger partial charge in [0, 0.05) is 29.6 Å². The quantitative estimate of drug-likeness (QED) is 0.946. The van der Waals surface area contributed by atoms with Crippen molar-refractivity contribution in [2.45, 2.75) is 19.0 Å². The molecule has 3 nitrogen and oxygen atoms in total. The van der Waals surface area contributed by atoms with Crippen molar-refractivity contribution in [2.24, 2.45) is 0 Å². The second-order valence-corrected chi connectivity index (χ2v) is 6.00. The van der Waals surface area contributed by atoms with Crippen LogP contribution in [0.25, 0.3) is 0 Å². The molecular weight excluding hydrogens is 296 g/mol. The fraction of sp³-hybridized carbons (Fsp3) is 0.267. The monoisotopic (exact) mass is 309 g/mol. The SMILES string of the molecule is O=C(O)C1c2ccsc2CCN1Cc1ccc(F)cc1F. The predicted molar refractivity (Wildman–Crippen MR) is 75.2 cm³/mol. The molecule has 1 unspecified atom stereocenters. The van der Waals surface area contributed by atoms with Gasteiger partial charge in [-0.1, -0.05) is 6.07 Å². The largest absolute Gasteiger partial charge is 0.480 e. The molecule has 1 aliphatic heterocycles. The van der Waals surface area contributed by atoms with Crippen LogP contribution in [-0.4, -0.2) is 22.5 Å². The minimum absolute atomic E-state index is 0.151. The number of carboxylic acids is 1. The Hall–Kier alpha value is -1.79. The average molecular weight is 309 g/mol. The molecule has 0 fully saturated rings. The van der Waals surface area contributed by atoms with Gasteiger partial charge < -0.3 is 5.11 Å². The number of carboxylic acid groups (broad SMARTS) is 1. The van der Waals surface area contributed by atoms with E-state index in [0.29, 0.717) is 12.1 Å². The van der Waals surface area contributed by atoms with Crippen molar-refractivity contribution < 1.29 is 18.7 Å². The van der Waals surface area contributed by atoms with Crippen LogP contribution in [0.2, 0.25) is 0 Å². The number of fused-ring (bicyclic) bond motifs is 1. The number of benzene rings is 1. The van der Waals surface area contributed by atoms with Crippen LogP contribution in [0.4, 0.5) is 8.78 Å². The normalized spacial score (nSPS) is 18.5. The van der Waals surface area contributed by atoms with Gasteiger partial charge in [0.1, 0.15) is 17.7 Å². The number of hydrogen-bond acceptors (Lipinski definition) is 3. The van der Waals surface area contributed by atoms with Crippen molar-refractivity contribution in [3.8, 4) is 0 Å². The molecule has 21 heavy (non-hydrogen) atoms. The zero-order valence-corrected chi connectivity index (χ0v) is 11.9. The van der Waals surface area contributed by atoms with Crippen molar-refractivity contribution in [3.05, 3.63) is 57.3 Å². The average Bonchev–Trinajstić information content (AvgIpc) is 2.89. The topological polar surface area (TPSA) is 40.5 Å². The molecule has 2 heterocycles. The summed E-state index contributed by atoms with van der Waals surface area (Å²) in [5.41, 5.74) is 1.09. The molecule has 0 aliphatic carbocycles. The van der Waals surface area contributed by atoms with Gasteiger partial charge in [-0.25, -0.2) is 8.78 Å². The molecule has 0 saturated carbocycles. The standard InChI is InChI=1S/C15H13F2NO2S/c16-10-2-1-9(12(17)7-10)8-18-5-3-13-11(4-6-21-13)14(18)15(19)20/h1-2,4,6-7,14H,3,5,8H2,(H,19,20). The van der Waals surface area contributed by atoms with Gasteiger partial charge in [0.05, 0.1) is 0 Å². The summed E-state index contributed by atoms with van der Waals surface area (Å²) in [6.07, 6.45) is 0.750. The Morgan fingerprint density at radius 2 is 2.19 bits per heavy atom. The van der Waals surface area contributed by atoms with Crippen LogP contribution in [-0.2, 0) is 17.8 Å². The van der Waals surface area contributed by atoms with E-state index in [1.165, 1.54) is 12.1 Å². The summed E-state index contributed by atoms with van der Waals surface area (Å²) in [7, 11) is 0. The first-order chi connectivity index (χ1) is 10.1. The number of aliphatic carboxylic acids is 1. The highest BCUT2D eigenvalue weighted by Crippen LogP contribution is 2.34. The fourth-order valence-corrected chi connectivity index (χ4v) is 3.60. The first-order valence-electron chi connectivity index (χ1n) is 6.53. The smallest absolute Gasteiger partial charge is 0.325 e. The van der Waals surface area contributed by atoms with Crippen LogP contribution in [0.15, 0.2) is 29.6 Å². The van der Waals surface area contributed by atoms with E-state index in [-0.39, 0.29) is 6.54 Å². The first-order valence-corrected chi connectivity index (χ1v) is 7.41. The van der Waals surface area contributed by atoms with Crippen LogP contribution in [0.5, 0.6) is 0 Å². The molecule has 1 atom stereocenters. The van der Waals surface area contributed by atoms with Crippen LogP contribution >= 0.6 is 11.3 Å². The lowest BCUT2D eigenvalue weighted by molar-refractivity contribution is -0.144. The molecule has 110 valence electrons. The predicted octanol–water partition coefficient (Wildman–Crippen LogP) is 3.21. The third kappa shape index (κ3) is 2.69. The molecule has 0 amide bonds. The Morgan fingerprint density at radius 1 is 1.38 bits per heavy atom. The molecular formula is C15H13F2NO2S. The highest BCUT2D eigenvalue weighted by Gasteiger charge is 2.33.